The van der Waals surface area contributed by atoms with Gasteiger partial charge in [0.15, 0.2) is 0 Å². The minimum absolute atomic E-state index is 0.0329. The molecule has 0 saturated carbocycles. The predicted molar refractivity (Wildman–Crippen MR) is 147 cm³/mol. The Morgan fingerprint density at radius 1 is 1.15 bits per heavy atom. The van der Waals surface area contributed by atoms with Crippen LogP contribution in [-0.2, 0) is 19.7 Å². The van der Waals surface area contributed by atoms with Gasteiger partial charge in [-0.1, -0.05) is 32.9 Å². The number of amides is 2. The molecular formula is C29H32F2N4O3S. The molecule has 2 aromatic carbocycles. The molecule has 1 aromatic heterocycles. The van der Waals surface area contributed by atoms with Crippen LogP contribution in [-0.4, -0.2) is 53.1 Å². The van der Waals surface area contributed by atoms with Gasteiger partial charge < -0.3 is 10.1 Å². The van der Waals surface area contributed by atoms with E-state index >= 15 is 0 Å². The van der Waals surface area contributed by atoms with Gasteiger partial charge in [0.2, 0.25) is 11.8 Å². The molecule has 2 atom stereocenters. The number of hydrogen-bond acceptors (Lipinski definition) is 5. The molecule has 10 heteroatoms. The van der Waals surface area contributed by atoms with Gasteiger partial charge in [0.05, 0.1) is 28.5 Å². The highest BCUT2D eigenvalue weighted by Crippen LogP contribution is 2.48. The van der Waals surface area contributed by atoms with Crippen molar-refractivity contribution in [1.82, 2.24) is 15.1 Å². The zero-order chi connectivity index (χ0) is 27.7. The standard InChI is InChI=1S/C29H32F2N4O3S/c1-29(2,3)27-25-26(18-6-4-7-20(31)14-18)39-17-24(37)34(16-23(36)32-15-22-8-5-13-38-22)28(25)35(33-27)21-11-9-19(30)10-12-21/h4,6-7,9-12,14,22,26H,5,8,13,15-17H2,1-3H3,(H,32,36)/t22-,26+/m1/s1. The Balaban J connectivity index is 1.65. The molecule has 2 aliphatic rings. The van der Waals surface area contributed by atoms with Crippen LogP contribution >= 0.6 is 11.8 Å². The monoisotopic (exact) mass is 554 g/mol. The summed E-state index contributed by atoms with van der Waals surface area (Å²) < 4.78 is 35.5. The number of nitrogens with one attached hydrogen (secondary N) is 1. The summed E-state index contributed by atoms with van der Waals surface area (Å²) in [6.45, 7) is 6.89. The van der Waals surface area contributed by atoms with Gasteiger partial charge in [-0.15, -0.1) is 11.8 Å². The van der Waals surface area contributed by atoms with Crippen molar-refractivity contribution in [2.75, 3.05) is 30.3 Å². The molecule has 0 aliphatic carbocycles. The second-order valence-electron chi connectivity index (χ2n) is 10.9. The number of halogens is 2. The van der Waals surface area contributed by atoms with Crippen LogP contribution in [0.3, 0.4) is 0 Å². The van der Waals surface area contributed by atoms with Gasteiger partial charge in [0.1, 0.15) is 24.0 Å². The van der Waals surface area contributed by atoms with Gasteiger partial charge in [0, 0.05) is 24.1 Å². The zero-order valence-electron chi connectivity index (χ0n) is 22.2. The fourth-order valence-electron chi connectivity index (χ4n) is 5.00. The van der Waals surface area contributed by atoms with E-state index in [4.69, 9.17) is 9.84 Å². The number of hydrogen-bond donors (Lipinski definition) is 1. The third kappa shape index (κ3) is 5.86. The molecule has 2 aliphatic heterocycles. The van der Waals surface area contributed by atoms with Crippen LogP contribution in [0.2, 0.25) is 0 Å². The first-order valence-electron chi connectivity index (χ1n) is 13.1. The van der Waals surface area contributed by atoms with Crippen LogP contribution in [0.1, 0.15) is 55.7 Å². The second-order valence-corrected chi connectivity index (χ2v) is 12.0. The molecule has 1 saturated heterocycles. The van der Waals surface area contributed by atoms with Crippen LogP contribution in [0.15, 0.2) is 48.5 Å². The van der Waals surface area contributed by atoms with E-state index in [-0.39, 0.29) is 36.0 Å². The van der Waals surface area contributed by atoms with Gasteiger partial charge >= 0.3 is 0 Å². The predicted octanol–water partition coefficient (Wildman–Crippen LogP) is 4.91. The third-order valence-corrected chi connectivity index (χ3v) is 8.13. The third-order valence-electron chi connectivity index (χ3n) is 6.87. The summed E-state index contributed by atoms with van der Waals surface area (Å²) in [5.74, 6) is -0.842. The number of carbonyl (C=O) groups is 2. The average Bonchev–Trinajstić information content (AvgIpc) is 3.52. The Labute approximate surface area is 230 Å². The van der Waals surface area contributed by atoms with Crippen LogP contribution in [0, 0.1) is 11.6 Å². The lowest BCUT2D eigenvalue weighted by molar-refractivity contribution is -0.123. The van der Waals surface area contributed by atoms with E-state index in [1.54, 1.807) is 22.9 Å². The molecule has 7 nitrogen and oxygen atoms in total. The SMILES string of the molecule is CC(C)(C)c1nn(-c2ccc(F)cc2)c2c1[C@H](c1cccc(F)c1)SCC(=O)N2CC(=O)NC[C@H]1CCCO1. The van der Waals surface area contributed by atoms with Crippen molar-refractivity contribution in [2.45, 2.75) is 50.4 Å². The molecule has 0 unspecified atom stereocenters. The lowest BCUT2D eigenvalue weighted by Crippen LogP contribution is -2.44. The first kappa shape index (κ1) is 27.3. The molecule has 0 bridgehead atoms. The van der Waals surface area contributed by atoms with Crippen molar-refractivity contribution in [2.24, 2.45) is 0 Å². The molecular weight excluding hydrogens is 522 g/mol. The summed E-state index contributed by atoms with van der Waals surface area (Å²) in [5.41, 5.74) is 2.24. The summed E-state index contributed by atoms with van der Waals surface area (Å²) in [5, 5.41) is 7.44. The molecule has 2 amide bonds. The fourth-order valence-corrected chi connectivity index (χ4v) is 6.19. The summed E-state index contributed by atoms with van der Waals surface area (Å²) in [6, 6.07) is 12.2. The molecule has 3 aromatic rings. The number of ether oxygens (including phenoxy) is 1. The first-order valence-corrected chi connectivity index (χ1v) is 14.1. The topological polar surface area (TPSA) is 76.5 Å². The highest BCUT2D eigenvalue weighted by molar-refractivity contribution is 8.00. The van der Waals surface area contributed by atoms with E-state index in [0.29, 0.717) is 35.9 Å². The molecule has 0 radical (unpaired) electrons. The van der Waals surface area contributed by atoms with Gasteiger partial charge in [-0.2, -0.15) is 5.10 Å². The Morgan fingerprint density at radius 3 is 2.59 bits per heavy atom. The largest absolute Gasteiger partial charge is 0.376 e. The molecule has 1 N–H and O–H groups in total. The first-order chi connectivity index (χ1) is 18.6. The number of nitrogens with zero attached hydrogens (tertiary/aromatic N) is 3. The fraction of sp³-hybridized carbons (Fsp3) is 0.414. The van der Waals surface area contributed by atoms with Gasteiger partial charge in [0.25, 0.3) is 0 Å². The maximum Gasteiger partial charge on any atom is 0.240 e. The van der Waals surface area contributed by atoms with E-state index in [2.05, 4.69) is 5.32 Å². The Hall–Kier alpha value is -3.24. The normalized spacial score (nSPS) is 19.6. The van der Waals surface area contributed by atoms with Gasteiger partial charge in [-0.3, -0.25) is 14.5 Å². The van der Waals surface area contributed by atoms with Crippen LogP contribution in [0.4, 0.5) is 14.6 Å². The van der Waals surface area contributed by atoms with Crippen molar-refractivity contribution >= 4 is 29.4 Å². The minimum atomic E-state index is -0.456. The smallest absolute Gasteiger partial charge is 0.240 e. The number of benzene rings is 2. The molecule has 39 heavy (non-hydrogen) atoms. The number of anilines is 1. The van der Waals surface area contributed by atoms with E-state index < -0.39 is 16.5 Å². The summed E-state index contributed by atoms with van der Waals surface area (Å²) in [6.07, 6.45) is 1.81. The van der Waals surface area contributed by atoms with Crippen molar-refractivity contribution in [1.29, 1.82) is 0 Å². The maximum atomic E-state index is 14.4. The molecule has 0 spiro atoms. The van der Waals surface area contributed by atoms with Crippen LogP contribution in [0.5, 0.6) is 0 Å². The van der Waals surface area contributed by atoms with E-state index in [9.17, 15) is 18.4 Å². The van der Waals surface area contributed by atoms with Crippen molar-refractivity contribution in [3.05, 3.63) is 77.0 Å². The van der Waals surface area contributed by atoms with Crippen molar-refractivity contribution < 1.29 is 23.1 Å². The summed E-state index contributed by atoms with van der Waals surface area (Å²) in [7, 11) is 0. The van der Waals surface area contributed by atoms with E-state index in [0.717, 1.165) is 18.4 Å². The van der Waals surface area contributed by atoms with Crippen LogP contribution < -0.4 is 10.2 Å². The van der Waals surface area contributed by atoms with Crippen molar-refractivity contribution in [3.63, 3.8) is 0 Å². The van der Waals surface area contributed by atoms with Gasteiger partial charge in [-0.05, 0) is 54.8 Å². The lowest BCUT2D eigenvalue weighted by Gasteiger charge is -2.24. The maximum absolute atomic E-state index is 14.4. The highest BCUT2D eigenvalue weighted by atomic mass is 32.2. The van der Waals surface area contributed by atoms with E-state index in [1.165, 1.54) is 40.9 Å². The Bertz CT molecular complexity index is 1360. The number of fused-ring (bicyclic) bond motifs is 1. The summed E-state index contributed by atoms with van der Waals surface area (Å²) in [4.78, 5) is 28.2. The number of aromatic nitrogens is 2. The lowest BCUT2D eigenvalue weighted by atomic mass is 9.87. The summed E-state index contributed by atoms with van der Waals surface area (Å²) >= 11 is 1.38. The second kappa shape index (κ2) is 11.1. The highest BCUT2D eigenvalue weighted by Gasteiger charge is 2.40. The number of rotatable bonds is 6. The Kier molecular flexibility index (Phi) is 7.77. The minimum Gasteiger partial charge on any atom is -0.376 e. The Morgan fingerprint density at radius 2 is 1.92 bits per heavy atom. The van der Waals surface area contributed by atoms with Crippen LogP contribution in [0.25, 0.3) is 5.69 Å². The quantitative estimate of drug-likeness (QED) is 0.469. The zero-order valence-corrected chi connectivity index (χ0v) is 23.1. The molecule has 206 valence electrons. The number of carbonyl (C=O) groups excluding carboxylic acids is 2. The van der Waals surface area contributed by atoms with Crippen molar-refractivity contribution in [3.8, 4) is 5.69 Å². The van der Waals surface area contributed by atoms with Gasteiger partial charge in [-0.25, -0.2) is 13.5 Å². The number of thioether (sulfide) groups is 1. The molecule has 5 rings (SSSR count). The molecule has 3 heterocycles. The average molecular weight is 555 g/mol. The van der Waals surface area contributed by atoms with E-state index in [1.807, 2.05) is 26.8 Å². The molecule has 1 fully saturated rings.